The lowest BCUT2D eigenvalue weighted by Gasteiger charge is -2.35. The molecule has 32 heavy (non-hydrogen) atoms. The summed E-state index contributed by atoms with van der Waals surface area (Å²) in [6, 6.07) is 11.4. The van der Waals surface area contributed by atoms with Crippen molar-refractivity contribution >= 4 is 11.9 Å². The maximum atomic E-state index is 13.0. The van der Waals surface area contributed by atoms with E-state index in [2.05, 4.69) is 5.32 Å². The van der Waals surface area contributed by atoms with Crippen LogP contribution in [-0.4, -0.2) is 36.5 Å². The second-order valence-corrected chi connectivity index (χ2v) is 8.02. The van der Waals surface area contributed by atoms with Crippen LogP contribution < -0.4 is 5.32 Å². The number of alkyl halides is 3. The van der Waals surface area contributed by atoms with Crippen LogP contribution in [0.15, 0.2) is 48.5 Å². The smallest absolute Gasteiger partial charge is 0.416 e. The van der Waals surface area contributed by atoms with Gasteiger partial charge in [0.1, 0.15) is 0 Å². The van der Waals surface area contributed by atoms with E-state index < -0.39 is 17.7 Å². The monoisotopic (exact) mass is 448 g/mol. The zero-order valence-electron chi connectivity index (χ0n) is 18.1. The van der Waals surface area contributed by atoms with Gasteiger partial charge >= 0.3 is 12.1 Å². The molecule has 8 heteroatoms. The fourth-order valence-electron chi connectivity index (χ4n) is 3.93. The standard InChI is InChI=1S/C24H27F3N2O3/c1-16(18-8-10-19(11-9-18)23(31)32-2)28-22(30)21-5-3-4-14-29(21)15-17-6-12-20(13-7-17)24(25,26)27/h6-13,16,21H,3-5,14-15H2,1-2H3,(H,28,30)/t16-,21+/m0/s1. The molecule has 5 nitrogen and oxygen atoms in total. The Bertz CT molecular complexity index is 927. The molecule has 2 atom stereocenters. The van der Waals surface area contributed by atoms with Crippen LogP contribution >= 0.6 is 0 Å². The van der Waals surface area contributed by atoms with Crippen LogP contribution in [0.2, 0.25) is 0 Å². The second kappa shape index (κ2) is 10.2. The number of likely N-dealkylation sites (tertiary alicyclic amines) is 1. The summed E-state index contributed by atoms with van der Waals surface area (Å²) < 4.78 is 43.1. The molecule has 0 aromatic heterocycles. The zero-order valence-corrected chi connectivity index (χ0v) is 18.1. The minimum Gasteiger partial charge on any atom is -0.465 e. The Morgan fingerprint density at radius 1 is 1.09 bits per heavy atom. The number of rotatable bonds is 6. The fourth-order valence-corrected chi connectivity index (χ4v) is 3.93. The summed E-state index contributed by atoms with van der Waals surface area (Å²) in [6.45, 7) is 2.99. The van der Waals surface area contributed by atoms with E-state index in [-0.39, 0.29) is 18.0 Å². The quantitative estimate of drug-likeness (QED) is 0.650. The van der Waals surface area contributed by atoms with E-state index in [4.69, 9.17) is 4.74 Å². The number of carbonyl (C=O) groups excluding carboxylic acids is 2. The minimum atomic E-state index is -4.36. The van der Waals surface area contributed by atoms with Crippen molar-refractivity contribution in [1.82, 2.24) is 10.2 Å². The molecule has 0 spiro atoms. The van der Waals surface area contributed by atoms with E-state index in [1.54, 1.807) is 24.3 Å². The van der Waals surface area contributed by atoms with Crippen LogP contribution in [0.5, 0.6) is 0 Å². The summed E-state index contributed by atoms with van der Waals surface area (Å²) in [5.74, 6) is -0.532. The van der Waals surface area contributed by atoms with Crippen molar-refractivity contribution in [3.8, 4) is 0 Å². The molecule has 172 valence electrons. The number of esters is 1. The molecule has 1 N–H and O–H groups in total. The van der Waals surface area contributed by atoms with Gasteiger partial charge in [-0.1, -0.05) is 30.7 Å². The number of carbonyl (C=O) groups is 2. The number of benzene rings is 2. The maximum Gasteiger partial charge on any atom is 0.416 e. The Hall–Kier alpha value is -2.87. The summed E-state index contributed by atoms with van der Waals surface area (Å²) >= 11 is 0. The van der Waals surface area contributed by atoms with Crippen LogP contribution in [0.25, 0.3) is 0 Å². The third-order valence-corrected chi connectivity index (χ3v) is 5.77. The molecule has 1 heterocycles. The molecule has 0 radical (unpaired) electrons. The number of ether oxygens (including phenoxy) is 1. The van der Waals surface area contributed by atoms with Crippen LogP contribution in [0.1, 0.15) is 59.3 Å². The van der Waals surface area contributed by atoms with Gasteiger partial charge in [0.05, 0.1) is 30.3 Å². The van der Waals surface area contributed by atoms with Gasteiger partial charge in [-0.3, -0.25) is 9.69 Å². The first kappa shape index (κ1) is 23.8. The highest BCUT2D eigenvalue weighted by atomic mass is 19.4. The van der Waals surface area contributed by atoms with Gasteiger partial charge in [0.2, 0.25) is 5.91 Å². The summed E-state index contributed by atoms with van der Waals surface area (Å²) in [7, 11) is 1.32. The highest BCUT2D eigenvalue weighted by Crippen LogP contribution is 2.29. The van der Waals surface area contributed by atoms with Crippen molar-refractivity contribution in [2.24, 2.45) is 0 Å². The molecule has 0 aliphatic carbocycles. The SMILES string of the molecule is COC(=O)c1ccc([C@H](C)NC(=O)[C@H]2CCCCN2Cc2ccc(C(F)(F)F)cc2)cc1. The predicted molar refractivity (Wildman–Crippen MR) is 114 cm³/mol. The van der Waals surface area contributed by atoms with Crippen molar-refractivity contribution in [3.63, 3.8) is 0 Å². The zero-order chi connectivity index (χ0) is 23.3. The second-order valence-electron chi connectivity index (χ2n) is 8.02. The third-order valence-electron chi connectivity index (χ3n) is 5.77. The van der Waals surface area contributed by atoms with Gasteiger partial charge in [0.15, 0.2) is 0 Å². The molecule has 1 fully saturated rings. The number of amides is 1. The van der Waals surface area contributed by atoms with Crippen LogP contribution in [-0.2, 0) is 22.3 Å². The average Bonchev–Trinajstić information content (AvgIpc) is 2.78. The first-order valence-corrected chi connectivity index (χ1v) is 10.6. The van der Waals surface area contributed by atoms with Gasteiger partial charge in [-0.15, -0.1) is 0 Å². The molecule has 0 bridgehead atoms. The van der Waals surface area contributed by atoms with E-state index in [1.807, 2.05) is 11.8 Å². The summed E-state index contributed by atoms with van der Waals surface area (Å²) in [5, 5.41) is 3.03. The molecule has 0 saturated carbocycles. The lowest BCUT2D eigenvalue weighted by atomic mass is 9.99. The van der Waals surface area contributed by atoms with E-state index >= 15 is 0 Å². The number of methoxy groups -OCH3 is 1. The van der Waals surface area contributed by atoms with Gasteiger partial charge in [0, 0.05) is 6.54 Å². The van der Waals surface area contributed by atoms with Gasteiger partial charge in [-0.25, -0.2) is 4.79 Å². The van der Waals surface area contributed by atoms with E-state index in [1.165, 1.54) is 19.2 Å². The molecular weight excluding hydrogens is 421 g/mol. The number of hydrogen-bond acceptors (Lipinski definition) is 4. The molecule has 1 aliphatic rings. The molecule has 2 aromatic carbocycles. The van der Waals surface area contributed by atoms with Crippen molar-refractivity contribution in [2.45, 2.75) is 51.0 Å². The molecule has 1 amide bonds. The van der Waals surface area contributed by atoms with Crippen molar-refractivity contribution in [2.75, 3.05) is 13.7 Å². The lowest BCUT2D eigenvalue weighted by molar-refractivity contribution is -0.137. The molecule has 1 saturated heterocycles. The lowest BCUT2D eigenvalue weighted by Crippen LogP contribution is -2.49. The number of halogens is 3. The summed E-state index contributed by atoms with van der Waals surface area (Å²) in [4.78, 5) is 26.6. The third kappa shape index (κ3) is 5.88. The highest BCUT2D eigenvalue weighted by Gasteiger charge is 2.31. The predicted octanol–water partition coefficient (Wildman–Crippen LogP) is 4.72. The van der Waals surface area contributed by atoms with E-state index in [0.29, 0.717) is 25.1 Å². The van der Waals surface area contributed by atoms with Gasteiger partial charge in [0.25, 0.3) is 0 Å². The number of nitrogens with one attached hydrogen (secondary N) is 1. The Kier molecular flexibility index (Phi) is 7.56. The first-order valence-electron chi connectivity index (χ1n) is 10.6. The number of piperidine rings is 1. The van der Waals surface area contributed by atoms with Crippen LogP contribution in [0.3, 0.4) is 0 Å². The molecular formula is C24H27F3N2O3. The number of hydrogen-bond donors (Lipinski definition) is 1. The normalized spacial score (nSPS) is 18.1. The Balaban J connectivity index is 1.64. The Labute approximate surface area is 185 Å². The molecule has 3 rings (SSSR count). The van der Waals surface area contributed by atoms with Crippen molar-refractivity contribution < 1.29 is 27.5 Å². The van der Waals surface area contributed by atoms with Gasteiger partial charge < -0.3 is 10.1 Å². The molecule has 0 unspecified atom stereocenters. The van der Waals surface area contributed by atoms with Gasteiger partial charge in [-0.2, -0.15) is 13.2 Å². The van der Waals surface area contributed by atoms with Crippen molar-refractivity contribution in [1.29, 1.82) is 0 Å². The van der Waals surface area contributed by atoms with Crippen LogP contribution in [0, 0.1) is 0 Å². The number of nitrogens with zero attached hydrogens (tertiary/aromatic N) is 1. The van der Waals surface area contributed by atoms with Crippen LogP contribution in [0.4, 0.5) is 13.2 Å². The largest absolute Gasteiger partial charge is 0.465 e. The van der Waals surface area contributed by atoms with E-state index in [0.717, 1.165) is 36.1 Å². The minimum absolute atomic E-state index is 0.110. The van der Waals surface area contributed by atoms with E-state index in [9.17, 15) is 22.8 Å². The topological polar surface area (TPSA) is 58.6 Å². The molecule has 1 aliphatic heterocycles. The summed E-state index contributed by atoms with van der Waals surface area (Å²) in [6.07, 6.45) is -1.81. The Morgan fingerprint density at radius 2 is 1.75 bits per heavy atom. The molecule has 2 aromatic rings. The summed E-state index contributed by atoms with van der Waals surface area (Å²) in [5.41, 5.74) is 1.35. The highest BCUT2D eigenvalue weighted by molar-refractivity contribution is 5.89. The maximum absolute atomic E-state index is 13.0. The fraction of sp³-hybridized carbons (Fsp3) is 0.417. The average molecular weight is 448 g/mol. The Morgan fingerprint density at radius 3 is 2.34 bits per heavy atom. The van der Waals surface area contributed by atoms with Crippen molar-refractivity contribution in [3.05, 3.63) is 70.8 Å². The first-order chi connectivity index (χ1) is 15.2. The van der Waals surface area contributed by atoms with Gasteiger partial charge in [-0.05, 0) is 61.7 Å².